The fraction of sp³-hybridized carbons (Fsp3) is 0.176. The molecule has 0 atom stereocenters. The Morgan fingerprint density at radius 2 is 2.14 bits per heavy atom. The van der Waals surface area contributed by atoms with Crippen LogP contribution in [0.25, 0.3) is 10.9 Å². The number of benzene rings is 2. The first-order valence-electron chi connectivity index (χ1n) is 6.89. The van der Waals surface area contributed by atoms with Crippen molar-refractivity contribution in [1.29, 1.82) is 0 Å². The van der Waals surface area contributed by atoms with Gasteiger partial charge >= 0.3 is 0 Å². The van der Waals surface area contributed by atoms with E-state index >= 15 is 0 Å². The van der Waals surface area contributed by atoms with Gasteiger partial charge in [0.15, 0.2) is 0 Å². The van der Waals surface area contributed by atoms with Crippen molar-refractivity contribution in [1.82, 2.24) is 9.97 Å². The predicted molar refractivity (Wildman–Crippen MR) is 84.0 cm³/mol. The Kier molecular flexibility index (Phi) is 5.86. The van der Waals surface area contributed by atoms with Crippen LogP contribution in [0.1, 0.15) is 12.5 Å². The molecule has 0 saturated heterocycles. The minimum Gasteiger partial charge on any atom is -0.493 e. The molecule has 0 aliphatic rings. The Labute approximate surface area is 155 Å². The van der Waals surface area contributed by atoms with E-state index in [-0.39, 0.29) is 32.7 Å². The molecule has 0 fully saturated rings. The quantitative estimate of drug-likeness (QED) is 0.711. The molecule has 0 spiro atoms. The SMILES string of the molecule is CCOc1cc(C)cc2ncnc(Nc3c[c-]ccc3)c12.[Y]. The first-order chi connectivity index (χ1) is 10.3. The summed E-state index contributed by atoms with van der Waals surface area (Å²) in [5.74, 6) is 1.54. The molecule has 5 heteroatoms. The molecule has 1 heterocycles. The Bertz CT molecular complexity index is 762. The van der Waals surface area contributed by atoms with Crippen molar-refractivity contribution in [2.24, 2.45) is 0 Å². The second-order valence-corrected chi connectivity index (χ2v) is 4.73. The summed E-state index contributed by atoms with van der Waals surface area (Å²) in [5.41, 5.74) is 2.92. The van der Waals surface area contributed by atoms with E-state index in [0.29, 0.717) is 6.61 Å². The van der Waals surface area contributed by atoms with Crippen LogP contribution < -0.4 is 10.1 Å². The zero-order chi connectivity index (χ0) is 14.7. The van der Waals surface area contributed by atoms with Crippen molar-refractivity contribution in [2.45, 2.75) is 13.8 Å². The van der Waals surface area contributed by atoms with E-state index in [1.807, 2.05) is 50.2 Å². The number of nitrogens with zero attached hydrogens (tertiary/aromatic N) is 2. The number of hydrogen-bond donors (Lipinski definition) is 1. The maximum Gasteiger partial charge on any atom is 0.134 e. The smallest absolute Gasteiger partial charge is 0.134 e. The van der Waals surface area contributed by atoms with Gasteiger partial charge in [0.1, 0.15) is 17.9 Å². The standard InChI is InChI=1S/C17H16N3O.Y/c1-3-21-15-10-12(2)9-14-16(15)17(19-11-18-14)20-13-7-5-4-6-8-13;/h4-5,7-11H,3H2,1-2H3,(H,18,19,20);/q-1;. The average molecular weight is 367 g/mol. The van der Waals surface area contributed by atoms with Crippen molar-refractivity contribution in [2.75, 3.05) is 11.9 Å². The number of ether oxygens (including phenoxy) is 1. The van der Waals surface area contributed by atoms with Crippen LogP contribution >= 0.6 is 0 Å². The number of fused-ring (bicyclic) bond motifs is 1. The molecule has 1 radical (unpaired) electrons. The topological polar surface area (TPSA) is 47.0 Å². The van der Waals surface area contributed by atoms with Gasteiger partial charge in [-0.1, -0.05) is 5.69 Å². The molecule has 0 saturated carbocycles. The minimum atomic E-state index is 0. The van der Waals surface area contributed by atoms with E-state index in [0.717, 1.165) is 33.7 Å². The van der Waals surface area contributed by atoms with Crippen LogP contribution in [0.5, 0.6) is 5.75 Å². The molecule has 0 aliphatic carbocycles. The van der Waals surface area contributed by atoms with Crippen molar-refractivity contribution >= 4 is 22.4 Å². The van der Waals surface area contributed by atoms with Gasteiger partial charge in [-0.05, 0) is 31.5 Å². The Morgan fingerprint density at radius 3 is 2.86 bits per heavy atom. The summed E-state index contributed by atoms with van der Waals surface area (Å²) in [6, 6.07) is 14.7. The molecule has 3 aromatic rings. The van der Waals surface area contributed by atoms with Crippen LogP contribution in [0.2, 0.25) is 0 Å². The van der Waals surface area contributed by atoms with Crippen LogP contribution in [0.15, 0.2) is 42.7 Å². The summed E-state index contributed by atoms with van der Waals surface area (Å²) in [7, 11) is 0. The average Bonchev–Trinajstić information content (AvgIpc) is 2.48. The Morgan fingerprint density at radius 1 is 1.27 bits per heavy atom. The normalized spacial score (nSPS) is 10.1. The van der Waals surface area contributed by atoms with Crippen molar-refractivity contribution in [3.8, 4) is 5.75 Å². The largest absolute Gasteiger partial charge is 0.493 e. The van der Waals surface area contributed by atoms with Gasteiger partial charge in [0.25, 0.3) is 0 Å². The van der Waals surface area contributed by atoms with E-state index in [9.17, 15) is 0 Å². The summed E-state index contributed by atoms with van der Waals surface area (Å²) < 4.78 is 5.75. The molecule has 1 aromatic heterocycles. The molecular formula is C17H16N3OY-. The monoisotopic (exact) mass is 367 g/mol. The van der Waals surface area contributed by atoms with Gasteiger partial charge in [0.05, 0.1) is 17.5 Å². The molecule has 0 aliphatic heterocycles. The number of anilines is 2. The molecule has 2 aromatic carbocycles. The van der Waals surface area contributed by atoms with Crippen molar-refractivity contribution in [3.05, 3.63) is 54.4 Å². The fourth-order valence-electron chi connectivity index (χ4n) is 2.26. The summed E-state index contributed by atoms with van der Waals surface area (Å²) in [6.45, 7) is 4.60. The number of aromatic nitrogens is 2. The molecule has 0 unspecified atom stereocenters. The summed E-state index contributed by atoms with van der Waals surface area (Å²) in [4.78, 5) is 8.71. The van der Waals surface area contributed by atoms with Crippen LogP contribution in [0.3, 0.4) is 0 Å². The summed E-state index contributed by atoms with van der Waals surface area (Å²) in [5, 5.41) is 4.20. The van der Waals surface area contributed by atoms with E-state index < -0.39 is 0 Å². The third-order valence-electron chi connectivity index (χ3n) is 3.12. The van der Waals surface area contributed by atoms with Crippen LogP contribution in [-0.4, -0.2) is 16.6 Å². The summed E-state index contributed by atoms with van der Waals surface area (Å²) >= 11 is 0. The van der Waals surface area contributed by atoms with E-state index in [4.69, 9.17) is 4.74 Å². The zero-order valence-electron chi connectivity index (χ0n) is 12.6. The molecule has 3 rings (SSSR count). The number of nitrogens with one attached hydrogen (secondary N) is 1. The van der Waals surface area contributed by atoms with Crippen LogP contribution in [-0.2, 0) is 32.7 Å². The molecular weight excluding hydrogens is 351 g/mol. The Balaban J connectivity index is 0.00000176. The second kappa shape index (κ2) is 7.66. The van der Waals surface area contributed by atoms with Crippen molar-refractivity contribution in [3.63, 3.8) is 0 Å². The third-order valence-corrected chi connectivity index (χ3v) is 3.12. The van der Waals surface area contributed by atoms with E-state index in [2.05, 4.69) is 21.4 Å². The Hall–Kier alpha value is -1.52. The molecule has 22 heavy (non-hydrogen) atoms. The predicted octanol–water partition coefficient (Wildman–Crippen LogP) is 3.88. The molecule has 1 N–H and O–H groups in total. The fourth-order valence-corrected chi connectivity index (χ4v) is 2.26. The van der Waals surface area contributed by atoms with Gasteiger partial charge in [-0.15, -0.1) is 6.07 Å². The van der Waals surface area contributed by atoms with Crippen molar-refractivity contribution < 1.29 is 37.4 Å². The minimum absolute atomic E-state index is 0. The number of aryl methyl sites for hydroxylation is 1. The number of rotatable bonds is 4. The zero-order valence-corrected chi connectivity index (χ0v) is 15.5. The first-order valence-corrected chi connectivity index (χ1v) is 6.89. The molecule has 0 amide bonds. The van der Waals surface area contributed by atoms with E-state index in [1.165, 1.54) is 0 Å². The van der Waals surface area contributed by atoms with Gasteiger partial charge in [0, 0.05) is 32.7 Å². The first kappa shape index (κ1) is 16.8. The maximum absolute atomic E-state index is 5.75. The van der Waals surface area contributed by atoms with Gasteiger partial charge in [-0.25, -0.2) is 9.97 Å². The van der Waals surface area contributed by atoms with Crippen LogP contribution in [0, 0.1) is 13.0 Å². The van der Waals surface area contributed by atoms with Gasteiger partial charge < -0.3 is 10.1 Å². The van der Waals surface area contributed by atoms with Gasteiger partial charge in [0.2, 0.25) is 0 Å². The van der Waals surface area contributed by atoms with Gasteiger partial charge in [-0.2, -0.15) is 24.3 Å². The molecule has 0 bridgehead atoms. The summed E-state index contributed by atoms with van der Waals surface area (Å²) in [6.07, 6.45) is 1.56. The van der Waals surface area contributed by atoms with Crippen LogP contribution in [0.4, 0.5) is 11.5 Å². The molecule has 109 valence electrons. The third kappa shape index (κ3) is 3.62. The maximum atomic E-state index is 5.75. The second-order valence-electron chi connectivity index (χ2n) is 4.73. The number of hydrogen-bond acceptors (Lipinski definition) is 4. The molecule has 4 nitrogen and oxygen atoms in total. The van der Waals surface area contributed by atoms with Gasteiger partial charge in [-0.3, -0.25) is 0 Å². The van der Waals surface area contributed by atoms with E-state index in [1.54, 1.807) is 6.33 Å².